The van der Waals surface area contributed by atoms with Crippen LogP contribution in [0.2, 0.25) is 0 Å². The van der Waals surface area contributed by atoms with Gasteiger partial charge in [0, 0.05) is 24.2 Å². The minimum atomic E-state index is -0.362. The summed E-state index contributed by atoms with van der Waals surface area (Å²) in [5.41, 5.74) is 5.35. The zero-order valence-corrected chi connectivity index (χ0v) is 17.8. The van der Waals surface area contributed by atoms with Crippen LogP contribution in [0.5, 0.6) is 0 Å². The Kier molecular flexibility index (Phi) is 4.33. The van der Waals surface area contributed by atoms with Crippen LogP contribution in [-0.4, -0.2) is 25.1 Å². The molecule has 154 valence electrons. The largest absolute Gasteiger partial charge is 0.274 e. The fourth-order valence-corrected chi connectivity index (χ4v) is 4.56. The Balaban J connectivity index is 1.75. The average molecular weight is 432 g/mol. The number of fused-ring (bicyclic) bond motifs is 3. The first-order valence-electron chi connectivity index (χ1n) is 9.63. The minimum absolute atomic E-state index is 0.175. The summed E-state index contributed by atoms with van der Waals surface area (Å²) in [4.78, 5) is 30.4. The smallest absolute Gasteiger partial charge is 0.273 e. The first-order chi connectivity index (χ1) is 14.8. The van der Waals surface area contributed by atoms with Crippen molar-refractivity contribution in [2.24, 2.45) is 0 Å². The monoisotopic (exact) mass is 432 g/mol. The van der Waals surface area contributed by atoms with E-state index in [0.717, 1.165) is 22.2 Å². The van der Waals surface area contributed by atoms with Crippen LogP contribution < -0.4 is 10.1 Å². The third kappa shape index (κ3) is 3.07. The second-order valence-electron chi connectivity index (χ2n) is 7.42. The van der Waals surface area contributed by atoms with E-state index in [9.17, 15) is 14.0 Å². The van der Waals surface area contributed by atoms with Gasteiger partial charge in [-0.15, -0.1) is 0 Å². The lowest BCUT2D eigenvalue weighted by Crippen LogP contribution is -2.22. The van der Waals surface area contributed by atoms with Gasteiger partial charge in [0.1, 0.15) is 11.5 Å². The van der Waals surface area contributed by atoms with Gasteiger partial charge in [0.05, 0.1) is 15.6 Å². The quantitative estimate of drug-likeness (QED) is 0.426. The maximum absolute atomic E-state index is 13.4. The molecular formula is C23H17FN4O2S. The van der Waals surface area contributed by atoms with E-state index in [1.54, 1.807) is 28.8 Å². The van der Waals surface area contributed by atoms with Gasteiger partial charge >= 0.3 is 0 Å². The molecule has 2 aromatic carbocycles. The summed E-state index contributed by atoms with van der Waals surface area (Å²) in [5.74, 6) is -0.623. The highest BCUT2D eigenvalue weighted by molar-refractivity contribution is 7.15. The lowest BCUT2D eigenvalue weighted by Gasteiger charge is -1.99. The lowest BCUT2D eigenvalue weighted by atomic mass is 10.1. The fourth-order valence-electron chi connectivity index (χ4n) is 3.59. The average Bonchev–Trinajstić information content (AvgIpc) is 3.40. The molecule has 5 aromatic rings. The van der Waals surface area contributed by atoms with E-state index in [1.807, 2.05) is 26.0 Å². The predicted octanol–water partition coefficient (Wildman–Crippen LogP) is 3.74. The molecule has 0 unspecified atom stereocenters. The standard InChI is InChI=1S/C23H17FN4O2S/c1-12-4-9-18-20(13(12)2)25-23-28(18)22(30)19(31-23)10-16-11-27(14(3)29)26-21(16)15-5-7-17(24)8-6-15/h4-11H,1-3H3/b19-10-. The van der Waals surface area contributed by atoms with Crippen molar-refractivity contribution in [1.29, 1.82) is 0 Å². The van der Waals surface area contributed by atoms with Gasteiger partial charge in [-0.3, -0.25) is 9.59 Å². The first kappa shape index (κ1) is 19.3. The molecule has 0 saturated carbocycles. The second kappa shape index (κ2) is 6.95. The highest BCUT2D eigenvalue weighted by Crippen LogP contribution is 2.25. The molecule has 0 aliphatic rings. The Labute approximate surface area is 179 Å². The van der Waals surface area contributed by atoms with Gasteiger partial charge in [0.2, 0.25) is 5.91 Å². The molecule has 31 heavy (non-hydrogen) atoms. The predicted molar refractivity (Wildman–Crippen MR) is 119 cm³/mol. The number of benzene rings is 2. The van der Waals surface area contributed by atoms with Gasteiger partial charge in [-0.1, -0.05) is 17.4 Å². The van der Waals surface area contributed by atoms with Gasteiger partial charge in [-0.2, -0.15) is 5.10 Å². The van der Waals surface area contributed by atoms with E-state index >= 15 is 0 Å². The summed E-state index contributed by atoms with van der Waals surface area (Å²) in [6.45, 7) is 5.42. The molecular weight excluding hydrogens is 415 g/mol. The molecule has 0 spiro atoms. The van der Waals surface area contributed by atoms with E-state index in [4.69, 9.17) is 0 Å². The van der Waals surface area contributed by atoms with Crippen molar-refractivity contribution in [3.8, 4) is 11.3 Å². The molecule has 0 saturated heterocycles. The first-order valence-corrected chi connectivity index (χ1v) is 10.4. The zero-order valence-electron chi connectivity index (χ0n) is 17.0. The summed E-state index contributed by atoms with van der Waals surface area (Å²) in [7, 11) is 0. The molecule has 0 fully saturated rings. The Hall–Kier alpha value is -3.65. The van der Waals surface area contributed by atoms with Crippen molar-refractivity contribution >= 4 is 39.3 Å². The molecule has 0 aliphatic heterocycles. The SMILES string of the molecule is CC(=O)n1cc(/C=c2\sc3nc4c(C)c(C)ccc4n3c2=O)c(-c2ccc(F)cc2)n1. The second-order valence-corrected chi connectivity index (χ2v) is 8.43. The number of carbonyl (C=O) groups is 1. The van der Waals surface area contributed by atoms with Crippen molar-refractivity contribution in [2.45, 2.75) is 20.8 Å². The molecule has 0 amide bonds. The van der Waals surface area contributed by atoms with Crippen molar-refractivity contribution in [2.75, 3.05) is 0 Å². The topological polar surface area (TPSA) is 69.3 Å². The number of hydrogen-bond acceptors (Lipinski definition) is 5. The molecule has 3 heterocycles. The maximum atomic E-state index is 13.4. The lowest BCUT2D eigenvalue weighted by molar-refractivity contribution is 0.0921. The van der Waals surface area contributed by atoms with Crippen LogP contribution in [-0.2, 0) is 0 Å². The van der Waals surface area contributed by atoms with Gasteiger partial charge in [-0.25, -0.2) is 18.5 Å². The number of imidazole rings is 1. The van der Waals surface area contributed by atoms with E-state index in [-0.39, 0.29) is 17.3 Å². The van der Waals surface area contributed by atoms with Crippen molar-refractivity contribution in [1.82, 2.24) is 19.2 Å². The molecule has 0 bridgehead atoms. The van der Waals surface area contributed by atoms with Crippen LogP contribution in [0.25, 0.3) is 33.3 Å². The normalized spacial score (nSPS) is 12.3. The number of thiazole rings is 1. The number of hydrogen-bond donors (Lipinski definition) is 0. The zero-order chi connectivity index (χ0) is 21.9. The van der Waals surface area contributed by atoms with E-state index in [1.165, 1.54) is 35.1 Å². The van der Waals surface area contributed by atoms with E-state index < -0.39 is 0 Å². The fraction of sp³-hybridized carbons (Fsp3) is 0.130. The van der Waals surface area contributed by atoms with Crippen LogP contribution >= 0.6 is 11.3 Å². The van der Waals surface area contributed by atoms with E-state index in [0.29, 0.717) is 26.3 Å². The molecule has 0 N–H and O–H groups in total. The number of halogens is 1. The van der Waals surface area contributed by atoms with Gasteiger partial charge in [-0.05, 0) is 61.4 Å². The molecule has 0 radical (unpaired) electrons. The summed E-state index contributed by atoms with van der Waals surface area (Å²) in [6.07, 6.45) is 3.29. The summed E-state index contributed by atoms with van der Waals surface area (Å²) < 4.78 is 16.7. The highest BCUT2D eigenvalue weighted by atomic mass is 32.1. The highest BCUT2D eigenvalue weighted by Gasteiger charge is 2.16. The molecule has 6 nitrogen and oxygen atoms in total. The van der Waals surface area contributed by atoms with Crippen LogP contribution in [0.4, 0.5) is 4.39 Å². The number of nitrogens with zero attached hydrogens (tertiary/aromatic N) is 4. The van der Waals surface area contributed by atoms with Crippen LogP contribution in [0, 0.1) is 19.7 Å². The molecule has 0 atom stereocenters. The van der Waals surface area contributed by atoms with Gasteiger partial charge < -0.3 is 0 Å². The minimum Gasteiger partial charge on any atom is -0.273 e. The van der Waals surface area contributed by atoms with Crippen LogP contribution in [0.1, 0.15) is 28.4 Å². The molecule has 8 heteroatoms. The maximum Gasteiger partial charge on any atom is 0.274 e. The Morgan fingerprint density at radius 1 is 1.13 bits per heavy atom. The Morgan fingerprint density at radius 3 is 2.58 bits per heavy atom. The van der Waals surface area contributed by atoms with Crippen molar-refractivity contribution in [3.63, 3.8) is 0 Å². The third-order valence-corrected chi connectivity index (χ3v) is 6.37. The molecule has 3 aromatic heterocycles. The van der Waals surface area contributed by atoms with Crippen LogP contribution in [0.15, 0.2) is 47.4 Å². The number of carbonyl (C=O) groups excluding carboxylic acids is 1. The third-order valence-electron chi connectivity index (χ3n) is 5.40. The number of aromatic nitrogens is 4. The van der Waals surface area contributed by atoms with E-state index in [2.05, 4.69) is 10.1 Å². The molecule has 0 aliphatic carbocycles. The van der Waals surface area contributed by atoms with Crippen molar-refractivity contribution in [3.05, 3.63) is 80.0 Å². The Morgan fingerprint density at radius 2 is 1.87 bits per heavy atom. The summed E-state index contributed by atoms with van der Waals surface area (Å²) in [5, 5.41) is 4.34. The number of aryl methyl sites for hydroxylation is 2. The van der Waals surface area contributed by atoms with Crippen LogP contribution in [0.3, 0.4) is 0 Å². The summed E-state index contributed by atoms with van der Waals surface area (Å²) in [6, 6.07) is 9.75. The van der Waals surface area contributed by atoms with Gasteiger partial charge in [0.25, 0.3) is 5.56 Å². The van der Waals surface area contributed by atoms with Crippen molar-refractivity contribution < 1.29 is 9.18 Å². The summed E-state index contributed by atoms with van der Waals surface area (Å²) >= 11 is 1.28. The van der Waals surface area contributed by atoms with Gasteiger partial charge in [0.15, 0.2) is 4.96 Å². The number of rotatable bonds is 2. The molecule has 5 rings (SSSR count). The Bertz CT molecular complexity index is 1610.